The Balaban J connectivity index is 1.76. The summed E-state index contributed by atoms with van der Waals surface area (Å²) in [6, 6.07) is 6.19. The predicted octanol–water partition coefficient (Wildman–Crippen LogP) is 1.75. The molecule has 0 aliphatic carbocycles. The molecule has 0 amide bonds. The number of fused-ring (bicyclic) bond motifs is 1. The van der Waals surface area contributed by atoms with Crippen molar-refractivity contribution in [2.75, 3.05) is 19.7 Å². The first-order valence-electron chi connectivity index (χ1n) is 6.05. The largest absolute Gasteiger partial charge is 0.489 e. The minimum Gasteiger partial charge on any atom is -0.489 e. The lowest BCUT2D eigenvalue weighted by Crippen LogP contribution is -2.37. The van der Waals surface area contributed by atoms with Gasteiger partial charge in [-0.25, -0.2) is 0 Å². The van der Waals surface area contributed by atoms with Crippen LogP contribution in [0.15, 0.2) is 18.2 Å². The van der Waals surface area contributed by atoms with Gasteiger partial charge in [0.2, 0.25) is 0 Å². The van der Waals surface area contributed by atoms with Crippen molar-refractivity contribution in [3.63, 3.8) is 0 Å². The molecule has 3 rings (SSSR count). The van der Waals surface area contributed by atoms with Gasteiger partial charge in [0, 0.05) is 18.5 Å². The molecule has 2 aliphatic rings. The van der Waals surface area contributed by atoms with Crippen molar-refractivity contribution in [2.24, 2.45) is 0 Å². The highest BCUT2D eigenvalue weighted by molar-refractivity contribution is 5.48. The van der Waals surface area contributed by atoms with E-state index in [9.17, 15) is 0 Å². The minimum absolute atomic E-state index is 0.296. The Morgan fingerprint density at radius 3 is 3.25 bits per heavy atom. The summed E-state index contributed by atoms with van der Waals surface area (Å²) in [6.07, 6.45) is 3.64. The lowest BCUT2D eigenvalue weighted by Gasteiger charge is -2.24. The van der Waals surface area contributed by atoms with Gasteiger partial charge >= 0.3 is 0 Å². The topological polar surface area (TPSA) is 30.5 Å². The number of hydrogen-bond donors (Lipinski definition) is 1. The van der Waals surface area contributed by atoms with Crippen LogP contribution in [-0.4, -0.2) is 25.8 Å². The van der Waals surface area contributed by atoms with Crippen LogP contribution >= 0.6 is 0 Å². The number of para-hydroxylation sites is 1. The molecule has 0 spiro atoms. The van der Waals surface area contributed by atoms with E-state index in [2.05, 4.69) is 17.4 Å². The standard InChI is InChI=1S/C13H17NO2/c1-3-10-6-8-15-13(10)12(5-1)16-11-4-2-7-14-9-11/h1,3,5,11,14H,2,4,6-9H2. The maximum absolute atomic E-state index is 6.01. The van der Waals surface area contributed by atoms with E-state index in [1.165, 1.54) is 12.0 Å². The van der Waals surface area contributed by atoms with Gasteiger partial charge < -0.3 is 14.8 Å². The molecule has 86 valence electrons. The van der Waals surface area contributed by atoms with E-state index in [0.29, 0.717) is 6.10 Å². The molecule has 1 unspecified atom stereocenters. The highest BCUT2D eigenvalue weighted by Crippen LogP contribution is 2.36. The van der Waals surface area contributed by atoms with E-state index < -0.39 is 0 Å². The smallest absolute Gasteiger partial charge is 0.164 e. The third-order valence-electron chi connectivity index (χ3n) is 3.22. The number of hydrogen-bond acceptors (Lipinski definition) is 3. The Morgan fingerprint density at radius 1 is 1.38 bits per heavy atom. The fourth-order valence-electron chi connectivity index (χ4n) is 2.38. The molecule has 0 bridgehead atoms. The molecule has 16 heavy (non-hydrogen) atoms. The van der Waals surface area contributed by atoms with Gasteiger partial charge in [-0.1, -0.05) is 12.1 Å². The molecule has 1 atom stereocenters. The summed E-state index contributed by atoms with van der Waals surface area (Å²) in [5, 5.41) is 3.36. The first-order chi connectivity index (χ1) is 7.93. The van der Waals surface area contributed by atoms with Gasteiger partial charge in [-0.2, -0.15) is 0 Å². The minimum atomic E-state index is 0.296. The summed E-state index contributed by atoms with van der Waals surface area (Å²) in [4.78, 5) is 0. The van der Waals surface area contributed by atoms with Crippen LogP contribution < -0.4 is 14.8 Å². The van der Waals surface area contributed by atoms with Gasteiger partial charge in [0.25, 0.3) is 0 Å². The SMILES string of the molecule is c1cc2c(c(OC3CCCNC3)c1)OCC2. The third-order valence-corrected chi connectivity index (χ3v) is 3.22. The number of benzene rings is 1. The van der Waals surface area contributed by atoms with Crippen LogP contribution in [0.3, 0.4) is 0 Å². The molecule has 0 aromatic heterocycles. The van der Waals surface area contributed by atoms with Crippen LogP contribution in [0.1, 0.15) is 18.4 Å². The monoisotopic (exact) mass is 219 g/mol. The van der Waals surface area contributed by atoms with Crippen molar-refractivity contribution >= 4 is 0 Å². The summed E-state index contributed by atoms with van der Waals surface area (Å²) < 4.78 is 11.6. The van der Waals surface area contributed by atoms with E-state index >= 15 is 0 Å². The van der Waals surface area contributed by atoms with Crippen LogP contribution in [0.25, 0.3) is 0 Å². The zero-order valence-corrected chi connectivity index (χ0v) is 9.37. The molecule has 1 N–H and O–H groups in total. The van der Waals surface area contributed by atoms with Crippen molar-refractivity contribution in [3.05, 3.63) is 23.8 Å². The Hall–Kier alpha value is -1.22. The Labute approximate surface area is 95.8 Å². The Bertz CT molecular complexity index is 372. The van der Waals surface area contributed by atoms with Crippen LogP contribution in [0, 0.1) is 0 Å². The second-order valence-corrected chi connectivity index (χ2v) is 4.43. The van der Waals surface area contributed by atoms with Gasteiger partial charge in [-0.15, -0.1) is 0 Å². The fraction of sp³-hybridized carbons (Fsp3) is 0.538. The molecule has 0 saturated carbocycles. The van der Waals surface area contributed by atoms with E-state index in [0.717, 1.165) is 44.0 Å². The number of ether oxygens (including phenoxy) is 2. The molecule has 2 heterocycles. The zero-order valence-electron chi connectivity index (χ0n) is 9.37. The quantitative estimate of drug-likeness (QED) is 0.822. The maximum atomic E-state index is 6.01. The van der Waals surface area contributed by atoms with Crippen molar-refractivity contribution < 1.29 is 9.47 Å². The molecule has 1 aromatic rings. The molecule has 1 aromatic carbocycles. The second kappa shape index (κ2) is 4.34. The zero-order chi connectivity index (χ0) is 10.8. The van der Waals surface area contributed by atoms with Crippen LogP contribution in [0.5, 0.6) is 11.5 Å². The van der Waals surface area contributed by atoms with E-state index in [1.807, 2.05) is 6.07 Å². The Kier molecular flexibility index (Phi) is 2.70. The lowest BCUT2D eigenvalue weighted by atomic mass is 10.1. The highest BCUT2D eigenvalue weighted by atomic mass is 16.5. The average molecular weight is 219 g/mol. The molecule has 0 radical (unpaired) electrons. The molecule has 3 nitrogen and oxygen atoms in total. The first-order valence-corrected chi connectivity index (χ1v) is 6.05. The normalized spacial score (nSPS) is 23.6. The molecular formula is C13H17NO2. The summed E-state index contributed by atoms with van der Waals surface area (Å²) in [5.74, 6) is 1.89. The van der Waals surface area contributed by atoms with Gasteiger partial charge in [-0.05, 0) is 25.5 Å². The molecule has 3 heteroatoms. The fourth-order valence-corrected chi connectivity index (χ4v) is 2.38. The molecular weight excluding hydrogens is 202 g/mol. The van der Waals surface area contributed by atoms with Gasteiger partial charge in [-0.3, -0.25) is 0 Å². The summed E-state index contributed by atoms with van der Waals surface area (Å²) in [7, 11) is 0. The average Bonchev–Trinajstić information content (AvgIpc) is 2.80. The van der Waals surface area contributed by atoms with Crippen LogP contribution in [0.4, 0.5) is 0 Å². The first kappa shape index (κ1) is 9.97. The van der Waals surface area contributed by atoms with E-state index in [1.54, 1.807) is 0 Å². The van der Waals surface area contributed by atoms with E-state index in [4.69, 9.17) is 9.47 Å². The lowest BCUT2D eigenvalue weighted by molar-refractivity contribution is 0.160. The third kappa shape index (κ3) is 1.87. The molecule has 1 fully saturated rings. The van der Waals surface area contributed by atoms with Crippen LogP contribution in [-0.2, 0) is 6.42 Å². The number of piperidine rings is 1. The van der Waals surface area contributed by atoms with E-state index in [-0.39, 0.29) is 0 Å². The molecule has 1 saturated heterocycles. The second-order valence-electron chi connectivity index (χ2n) is 4.43. The number of nitrogens with one attached hydrogen (secondary N) is 1. The van der Waals surface area contributed by atoms with Crippen molar-refractivity contribution in [3.8, 4) is 11.5 Å². The maximum Gasteiger partial charge on any atom is 0.164 e. The van der Waals surface area contributed by atoms with Crippen LogP contribution in [0.2, 0.25) is 0 Å². The summed E-state index contributed by atoms with van der Waals surface area (Å²) >= 11 is 0. The van der Waals surface area contributed by atoms with Crippen molar-refractivity contribution in [1.82, 2.24) is 5.32 Å². The number of rotatable bonds is 2. The molecule has 2 aliphatic heterocycles. The van der Waals surface area contributed by atoms with Gasteiger partial charge in [0.05, 0.1) is 6.61 Å². The summed E-state index contributed by atoms with van der Waals surface area (Å²) in [6.45, 7) is 2.85. The summed E-state index contributed by atoms with van der Waals surface area (Å²) in [5.41, 5.74) is 1.28. The van der Waals surface area contributed by atoms with Crippen molar-refractivity contribution in [2.45, 2.75) is 25.4 Å². The Morgan fingerprint density at radius 2 is 2.38 bits per heavy atom. The predicted molar refractivity (Wildman–Crippen MR) is 62.2 cm³/mol. The van der Waals surface area contributed by atoms with Gasteiger partial charge in [0.1, 0.15) is 6.10 Å². The van der Waals surface area contributed by atoms with Crippen molar-refractivity contribution in [1.29, 1.82) is 0 Å². The highest BCUT2D eigenvalue weighted by Gasteiger charge is 2.20. The van der Waals surface area contributed by atoms with Gasteiger partial charge in [0.15, 0.2) is 11.5 Å².